The zero-order valence-corrected chi connectivity index (χ0v) is 7.06. The van der Waals surface area contributed by atoms with Gasteiger partial charge in [0.1, 0.15) is 16.9 Å². The maximum absolute atomic E-state index is 11.1. The number of benzene rings is 1. The average Bonchev–Trinajstić information content (AvgIpc) is 2.18. The molecule has 1 aromatic carbocycles. The molecule has 0 atom stereocenters. The largest absolute Gasteiger partial charge is 0.506 e. The van der Waals surface area contributed by atoms with Crippen LogP contribution in [-0.4, -0.2) is 11.4 Å². The van der Waals surface area contributed by atoms with Crippen molar-refractivity contribution in [2.24, 2.45) is 0 Å². The first-order valence-electron chi connectivity index (χ1n) is 3.94. The van der Waals surface area contributed by atoms with Gasteiger partial charge in [0, 0.05) is 0 Å². The standard InChI is InChI=1S/C10H6O4/c11-5-7-9(12)6-3-1-2-4-8(6)14-10(7)13/h1-5,12H. The fourth-order valence-electron chi connectivity index (χ4n) is 1.25. The molecule has 14 heavy (non-hydrogen) atoms. The number of hydrogen-bond acceptors (Lipinski definition) is 4. The second-order valence-corrected chi connectivity index (χ2v) is 2.77. The summed E-state index contributed by atoms with van der Waals surface area (Å²) in [5.41, 5.74) is -0.902. The Labute approximate surface area is 78.4 Å². The molecule has 1 N–H and O–H groups in total. The van der Waals surface area contributed by atoms with E-state index in [1.54, 1.807) is 24.3 Å². The van der Waals surface area contributed by atoms with Crippen LogP contribution in [0.15, 0.2) is 33.5 Å². The number of fused-ring (bicyclic) bond motifs is 1. The Morgan fingerprint density at radius 3 is 2.71 bits per heavy atom. The Balaban J connectivity index is 3.00. The highest BCUT2D eigenvalue weighted by Crippen LogP contribution is 2.24. The number of aromatic hydroxyl groups is 1. The highest BCUT2D eigenvalue weighted by atomic mass is 16.4. The quantitative estimate of drug-likeness (QED) is 0.543. The summed E-state index contributed by atoms with van der Waals surface area (Å²) < 4.78 is 4.82. The van der Waals surface area contributed by atoms with Gasteiger partial charge in [0.05, 0.1) is 5.39 Å². The molecule has 0 saturated carbocycles. The Kier molecular flexibility index (Phi) is 1.81. The number of aldehydes is 1. The maximum Gasteiger partial charge on any atom is 0.350 e. The fourth-order valence-corrected chi connectivity index (χ4v) is 1.25. The highest BCUT2D eigenvalue weighted by molar-refractivity contribution is 5.91. The van der Waals surface area contributed by atoms with Crippen molar-refractivity contribution in [3.05, 3.63) is 40.2 Å². The minimum atomic E-state index is -0.823. The predicted molar refractivity (Wildman–Crippen MR) is 49.5 cm³/mol. The van der Waals surface area contributed by atoms with Gasteiger partial charge in [-0.05, 0) is 12.1 Å². The summed E-state index contributed by atoms with van der Waals surface area (Å²) in [4.78, 5) is 21.6. The molecular weight excluding hydrogens is 184 g/mol. The number of hydrogen-bond donors (Lipinski definition) is 1. The summed E-state index contributed by atoms with van der Waals surface area (Å²) in [6.45, 7) is 0. The van der Waals surface area contributed by atoms with Gasteiger partial charge >= 0.3 is 5.63 Å². The summed E-state index contributed by atoms with van der Waals surface area (Å²) in [7, 11) is 0. The van der Waals surface area contributed by atoms with Crippen LogP contribution in [0, 0.1) is 0 Å². The number of para-hydroxylation sites is 1. The minimum absolute atomic E-state index is 0.264. The molecule has 0 amide bonds. The molecule has 0 aliphatic rings. The van der Waals surface area contributed by atoms with Crippen molar-refractivity contribution in [1.82, 2.24) is 0 Å². The van der Waals surface area contributed by atoms with E-state index in [0.29, 0.717) is 5.39 Å². The molecule has 0 saturated heterocycles. The lowest BCUT2D eigenvalue weighted by Crippen LogP contribution is -2.06. The molecule has 2 rings (SSSR count). The molecule has 0 bridgehead atoms. The molecule has 0 unspecified atom stereocenters. The van der Waals surface area contributed by atoms with E-state index in [4.69, 9.17) is 4.42 Å². The normalized spacial score (nSPS) is 10.3. The first kappa shape index (κ1) is 8.50. The van der Waals surface area contributed by atoms with Crippen LogP contribution in [0.5, 0.6) is 5.75 Å². The lowest BCUT2D eigenvalue weighted by atomic mass is 10.1. The summed E-state index contributed by atoms with van der Waals surface area (Å²) in [5.74, 6) is -0.327. The Morgan fingerprint density at radius 2 is 2.00 bits per heavy atom. The molecule has 2 aromatic rings. The van der Waals surface area contributed by atoms with Crippen LogP contribution >= 0.6 is 0 Å². The van der Waals surface area contributed by atoms with Crippen molar-refractivity contribution in [3.63, 3.8) is 0 Å². The second-order valence-electron chi connectivity index (χ2n) is 2.77. The highest BCUT2D eigenvalue weighted by Gasteiger charge is 2.11. The molecule has 1 aromatic heterocycles. The van der Waals surface area contributed by atoms with Crippen LogP contribution in [0.1, 0.15) is 10.4 Å². The van der Waals surface area contributed by atoms with Gasteiger partial charge in [-0.15, -0.1) is 0 Å². The van der Waals surface area contributed by atoms with Crippen LogP contribution in [0.4, 0.5) is 0 Å². The maximum atomic E-state index is 11.1. The van der Waals surface area contributed by atoms with E-state index in [2.05, 4.69) is 0 Å². The smallest absolute Gasteiger partial charge is 0.350 e. The lowest BCUT2D eigenvalue weighted by Gasteiger charge is -2.00. The van der Waals surface area contributed by atoms with Gasteiger partial charge in [0.15, 0.2) is 6.29 Å². The minimum Gasteiger partial charge on any atom is -0.506 e. The number of carbonyl (C=O) groups excluding carboxylic acids is 1. The van der Waals surface area contributed by atoms with E-state index < -0.39 is 5.63 Å². The van der Waals surface area contributed by atoms with Gasteiger partial charge in [0.2, 0.25) is 0 Å². The zero-order valence-electron chi connectivity index (χ0n) is 7.06. The van der Waals surface area contributed by atoms with Crippen LogP contribution in [0.3, 0.4) is 0 Å². The molecular formula is C10H6O4. The Morgan fingerprint density at radius 1 is 1.29 bits per heavy atom. The van der Waals surface area contributed by atoms with Crippen LogP contribution in [0.2, 0.25) is 0 Å². The van der Waals surface area contributed by atoms with Crippen LogP contribution in [-0.2, 0) is 0 Å². The zero-order chi connectivity index (χ0) is 10.1. The fraction of sp³-hybridized carbons (Fsp3) is 0. The third kappa shape index (κ3) is 1.08. The van der Waals surface area contributed by atoms with Crippen LogP contribution < -0.4 is 5.63 Å². The van der Waals surface area contributed by atoms with E-state index in [1.807, 2.05) is 0 Å². The molecule has 4 nitrogen and oxygen atoms in total. The topological polar surface area (TPSA) is 67.5 Å². The van der Waals surface area contributed by atoms with Crippen molar-refractivity contribution in [2.45, 2.75) is 0 Å². The molecule has 0 radical (unpaired) electrons. The first-order chi connectivity index (χ1) is 6.74. The van der Waals surface area contributed by atoms with Crippen molar-refractivity contribution in [2.75, 3.05) is 0 Å². The number of carbonyl (C=O) groups is 1. The summed E-state index contributed by atoms with van der Waals surface area (Å²) in [6, 6.07) is 6.47. The predicted octanol–water partition coefficient (Wildman–Crippen LogP) is 1.31. The summed E-state index contributed by atoms with van der Waals surface area (Å²) >= 11 is 0. The van der Waals surface area contributed by atoms with Gasteiger partial charge < -0.3 is 9.52 Å². The average molecular weight is 190 g/mol. The second kappa shape index (κ2) is 2.99. The molecule has 0 fully saturated rings. The van der Waals surface area contributed by atoms with E-state index in [1.165, 1.54) is 0 Å². The van der Waals surface area contributed by atoms with E-state index in [-0.39, 0.29) is 23.2 Å². The SMILES string of the molecule is O=Cc1c(O)c2ccccc2oc1=O. The first-order valence-corrected chi connectivity index (χ1v) is 3.94. The Bertz CT molecular complexity index is 554. The Hall–Kier alpha value is -2.10. The van der Waals surface area contributed by atoms with Gasteiger partial charge in [-0.25, -0.2) is 4.79 Å². The molecule has 1 heterocycles. The van der Waals surface area contributed by atoms with E-state index >= 15 is 0 Å². The molecule has 0 aliphatic carbocycles. The van der Waals surface area contributed by atoms with Crippen molar-refractivity contribution in [3.8, 4) is 5.75 Å². The van der Waals surface area contributed by atoms with Crippen molar-refractivity contribution < 1.29 is 14.3 Å². The third-order valence-electron chi connectivity index (χ3n) is 1.94. The summed E-state index contributed by atoms with van der Waals surface area (Å²) in [5, 5.41) is 9.89. The van der Waals surface area contributed by atoms with E-state index in [9.17, 15) is 14.7 Å². The molecule has 4 heteroatoms. The van der Waals surface area contributed by atoms with Gasteiger partial charge in [-0.1, -0.05) is 12.1 Å². The molecule has 70 valence electrons. The van der Waals surface area contributed by atoms with Crippen molar-refractivity contribution in [1.29, 1.82) is 0 Å². The molecule has 0 spiro atoms. The number of rotatable bonds is 1. The van der Waals surface area contributed by atoms with Gasteiger partial charge in [-0.2, -0.15) is 0 Å². The van der Waals surface area contributed by atoms with Gasteiger partial charge in [0.25, 0.3) is 0 Å². The van der Waals surface area contributed by atoms with Crippen molar-refractivity contribution >= 4 is 17.3 Å². The summed E-state index contributed by atoms with van der Waals surface area (Å²) in [6.07, 6.45) is 0.285. The van der Waals surface area contributed by atoms with Crippen LogP contribution in [0.25, 0.3) is 11.0 Å². The van der Waals surface area contributed by atoms with E-state index in [0.717, 1.165) is 0 Å². The third-order valence-corrected chi connectivity index (χ3v) is 1.94. The molecule has 0 aliphatic heterocycles. The lowest BCUT2D eigenvalue weighted by molar-refractivity contribution is 0.111. The monoisotopic (exact) mass is 190 g/mol. The van der Waals surface area contributed by atoms with Gasteiger partial charge in [-0.3, -0.25) is 4.79 Å².